The molecule has 1 aromatic carbocycles. The van der Waals surface area contributed by atoms with Gasteiger partial charge in [-0.15, -0.1) is 11.3 Å². The van der Waals surface area contributed by atoms with Crippen molar-refractivity contribution in [3.8, 4) is 6.07 Å². The van der Waals surface area contributed by atoms with Crippen LogP contribution in [0.15, 0.2) is 42.5 Å². The lowest BCUT2D eigenvalue weighted by molar-refractivity contribution is 0.105. The van der Waals surface area contributed by atoms with Gasteiger partial charge in [-0.25, -0.2) is 0 Å². The van der Waals surface area contributed by atoms with Gasteiger partial charge in [0.05, 0.1) is 21.7 Å². The molecule has 3 nitrogen and oxygen atoms in total. The van der Waals surface area contributed by atoms with E-state index in [9.17, 15) is 4.79 Å². The highest BCUT2D eigenvalue weighted by Gasteiger charge is 2.05. The number of halogens is 1. The molecule has 0 fully saturated rings. The van der Waals surface area contributed by atoms with Crippen LogP contribution in [0.1, 0.15) is 21.7 Å². The predicted octanol–water partition coefficient (Wildman–Crippen LogP) is 4.65. The quantitative estimate of drug-likeness (QED) is 0.572. The fourth-order valence-corrected chi connectivity index (χ4v) is 2.85. The molecule has 0 spiro atoms. The van der Waals surface area contributed by atoms with Gasteiger partial charge in [0, 0.05) is 19.3 Å². The molecule has 22 heavy (non-hydrogen) atoms. The molecule has 0 radical (unpaired) electrons. The molecule has 1 heterocycles. The molecule has 5 heteroatoms. The van der Waals surface area contributed by atoms with Gasteiger partial charge in [0.2, 0.25) is 0 Å². The Labute approximate surface area is 139 Å². The maximum Gasteiger partial charge on any atom is 0.195 e. The molecule has 0 unspecified atom stereocenters. The smallest absolute Gasteiger partial charge is 0.195 e. The van der Waals surface area contributed by atoms with Crippen molar-refractivity contribution in [2.45, 2.75) is 6.42 Å². The number of hydrogen-bond donors (Lipinski definition) is 0. The Morgan fingerprint density at radius 2 is 2.05 bits per heavy atom. The van der Waals surface area contributed by atoms with Crippen LogP contribution in [0.4, 0.5) is 5.69 Å². The summed E-state index contributed by atoms with van der Waals surface area (Å²) in [5, 5.41) is 8.60. The van der Waals surface area contributed by atoms with Crippen molar-refractivity contribution in [3.05, 3.63) is 57.3 Å². The Morgan fingerprint density at radius 3 is 2.64 bits per heavy atom. The molecule has 0 aliphatic rings. The van der Waals surface area contributed by atoms with Gasteiger partial charge < -0.3 is 4.90 Å². The third-order valence-corrected chi connectivity index (χ3v) is 4.38. The maximum atomic E-state index is 12.0. The van der Waals surface area contributed by atoms with Crippen LogP contribution in [0.2, 0.25) is 4.34 Å². The SMILES string of the molecule is CN(CCC#N)c1ccc(/C=C/C(=O)c2ccc(Cl)s2)cc1. The van der Waals surface area contributed by atoms with E-state index in [0.717, 1.165) is 11.3 Å². The number of allylic oxidation sites excluding steroid dienone is 1. The van der Waals surface area contributed by atoms with Crippen LogP contribution >= 0.6 is 22.9 Å². The first kappa shape index (κ1) is 16.3. The molecule has 2 rings (SSSR count). The zero-order valence-electron chi connectivity index (χ0n) is 12.1. The van der Waals surface area contributed by atoms with Gasteiger partial charge in [-0.1, -0.05) is 29.8 Å². The third-order valence-electron chi connectivity index (χ3n) is 3.14. The van der Waals surface area contributed by atoms with E-state index in [1.54, 1.807) is 24.3 Å². The van der Waals surface area contributed by atoms with Crippen molar-refractivity contribution < 1.29 is 4.79 Å². The van der Waals surface area contributed by atoms with Crippen molar-refractivity contribution >= 4 is 40.5 Å². The van der Waals surface area contributed by atoms with Gasteiger partial charge in [0.15, 0.2) is 5.78 Å². The second kappa shape index (κ2) is 7.79. The molecule has 0 bridgehead atoms. The second-order valence-corrected chi connectivity index (χ2v) is 6.44. The van der Waals surface area contributed by atoms with E-state index < -0.39 is 0 Å². The maximum absolute atomic E-state index is 12.0. The van der Waals surface area contributed by atoms with Gasteiger partial charge in [0.1, 0.15) is 0 Å². The fraction of sp³-hybridized carbons (Fsp3) is 0.176. The van der Waals surface area contributed by atoms with E-state index in [1.807, 2.05) is 36.2 Å². The molecular weight excluding hydrogens is 316 g/mol. The molecular formula is C17H15ClN2OS. The first-order valence-electron chi connectivity index (χ1n) is 6.76. The summed E-state index contributed by atoms with van der Waals surface area (Å²) < 4.78 is 0.613. The molecule has 0 amide bonds. The monoisotopic (exact) mass is 330 g/mol. The largest absolute Gasteiger partial charge is 0.374 e. The van der Waals surface area contributed by atoms with Crippen LogP contribution in [0.25, 0.3) is 6.08 Å². The molecule has 0 N–H and O–H groups in total. The number of carbonyl (C=O) groups is 1. The zero-order valence-corrected chi connectivity index (χ0v) is 13.7. The Morgan fingerprint density at radius 1 is 1.32 bits per heavy atom. The van der Waals surface area contributed by atoms with Crippen LogP contribution in [-0.4, -0.2) is 19.4 Å². The summed E-state index contributed by atoms with van der Waals surface area (Å²) >= 11 is 7.10. The average molecular weight is 331 g/mol. The number of nitriles is 1. The average Bonchev–Trinajstić information content (AvgIpc) is 2.97. The van der Waals surface area contributed by atoms with Crippen molar-refractivity contribution in [1.29, 1.82) is 5.26 Å². The Bertz CT molecular complexity index is 713. The highest BCUT2D eigenvalue weighted by molar-refractivity contribution is 7.18. The van der Waals surface area contributed by atoms with Crippen LogP contribution in [-0.2, 0) is 0 Å². The van der Waals surface area contributed by atoms with Gasteiger partial charge in [-0.2, -0.15) is 5.26 Å². The number of ketones is 1. The summed E-state index contributed by atoms with van der Waals surface area (Å²) in [6.07, 6.45) is 3.83. The van der Waals surface area contributed by atoms with E-state index >= 15 is 0 Å². The van der Waals surface area contributed by atoms with Gasteiger partial charge in [-0.05, 0) is 35.9 Å². The Hall–Kier alpha value is -2.09. The van der Waals surface area contributed by atoms with E-state index in [-0.39, 0.29) is 5.78 Å². The molecule has 0 saturated heterocycles. The van der Waals surface area contributed by atoms with Crippen LogP contribution < -0.4 is 4.90 Å². The number of thiophene rings is 1. The summed E-state index contributed by atoms with van der Waals surface area (Å²) in [6.45, 7) is 0.698. The number of carbonyl (C=O) groups excluding carboxylic acids is 1. The van der Waals surface area contributed by atoms with E-state index in [0.29, 0.717) is 22.2 Å². The molecule has 0 saturated carbocycles. The summed E-state index contributed by atoms with van der Waals surface area (Å²) in [5.41, 5.74) is 2.00. The molecule has 2 aromatic rings. The molecule has 0 atom stereocenters. The van der Waals surface area contributed by atoms with Crippen molar-refractivity contribution in [1.82, 2.24) is 0 Å². The highest BCUT2D eigenvalue weighted by atomic mass is 35.5. The minimum atomic E-state index is -0.0490. The van der Waals surface area contributed by atoms with E-state index in [4.69, 9.17) is 16.9 Å². The first-order valence-corrected chi connectivity index (χ1v) is 7.95. The number of hydrogen-bond acceptors (Lipinski definition) is 4. The van der Waals surface area contributed by atoms with Crippen molar-refractivity contribution in [2.24, 2.45) is 0 Å². The first-order chi connectivity index (χ1) is 10.6. The second-order valence-electron chi connectivity index (χ2n) is 4.72. The minimum absolute atomic E-state index is 0.0490. The summed E-state index contributed by atoms with van der Waals surface area (Å²) in [7, 11) is 1.95. The normalized spacial score (nSPS) is 10.6. The van der Waals surface area contributed by atoms with Crippen molar-refractivity contribution in [3.63, 3.8) is 0 Å². The van der Waals surface area contributed by atoms with E-state index in [2.05, 4.69) is 6.07 Å². The number of anilines is 1. The molecule has 0 aliphatic heterocycles. The highest BCUT2D eigenvalue weighted by Crippen LogP contribution is 2.22. The van der Waals surface area contributed by atoms with E-state index in [1.165, 1.54) is 11.3 Å². The lowest BCUT2D eigenvalue weighted by atomic mass is 10.1. The van der Waals surface area contributed by atoms with Gasteiger partial charge in [0.25, 0.3) is 0 Å². The number of benzene rings is 1. The zero-order chi connectivity index (χ0) is 15.9. The minimum Gasteiger partial charge on any atom is -0.374 e. The molecule has 1 aromatic heterocycles. The standard InChI is InChI=1S/C17H15ClN2OS/c1-20(12-2-11-19)14-6-3-13(4-7-14)5-8-15(21)16-9-10-17(18)22-16/h3-10H,2,12H2,1H3/b8-5+. The fourth-order valence-electron chi connectivity index (χ4n) is 1.89. The predicted molar refractivity (Wildman–Crippen MR) is 92.6 cm³/mol. The van der Waals surface area contributed by atoms with Crippen LogP contribution in [0.3, 0.4) is 0 Å². The number of nitrogens with zero attached hydrogens (tertiary/aromatic N) is 2. The summed E-state index contributed by atoms with van der Waals surface area (Å²) in [4.78, 5) is 14.6. The van der Waals surface area contributed by atoms with Crippen LogP contribution in [0.5, 0.6) is 0 Å². The van der Waals surface area contributed by atoms with Gasteiger partial charge >= 0.3 is 0 Å². The van der Waals surface area contributed by atoms with Gasteiger partial charge in [-0.3, -0.25) is 4.79 Å². The molecule has 0 aliphatic carbocycles. The topological polar surface area (TPSA) is 44.1 Å². The third kappa shape index (κ3) is 4.45. The summed E-state index contributed by atoms with van der Waals surface area (Å²) in [6, 6.07) is 13.4. The molecule has 112 valence electrons. The lowest BCUT2D eigenvalue weighted by Crippen LogP contribution is -2.17. The van der Waals surface area contributed by atoms with Crippen molar-refractivity contribution in [2.75, 3.05) is 18.5 Å². The summed E-state index contributed by atoms with van der Waals surface area (Å²) in [5.74, 6) is -0.0490. The number of rotatable bonds is 6. The Kier molecular flexibility index (Phi) is 5.76. The Balaban J connectivity index is 2.00. The van der Waals surface area contributed by atoms with Crippen LogP contribution in [0, 0.1) is 11.3 Å². The lowest BCUT2D eigenvalue weighted by Gasteiger charge is -2.17.